The maximum absolute atomic E-state index is 12.2. The van der Waals surface area contributed by atoms with Gasteiger partial charge < -0.3 is 24.5 Å². The Balaban J connectivity index is 4.94. The Kier molecular flexibility index (Phi) is 11.7. The normalized spacial score (nSPS) is 17.2. The van der Waals surface area contributed by atoms with Crippen LogP contribution in [0.1, 0.15) is 59.8 Å². The van der Waals surface area contributed by atoms with Crippen LogP contribution < -0.4 is 0 Å². The lowest BCUT2D eigenvalue weighted by Gasteiger charge is -2.23. The van der Waals surface area contributed by atoms with Gasteiger partial charge in [-0.1, -0.05) is 34.9 Å². The molecule has 0 fully saturated rings. The fourth-order valence-corrected chi connectivity index (χ4v) is 8.76. The van der Waals surface area contributed by atoms with Gasteiger partial charge in [-0.25, -0.2) is 0 Å². The predicted molar refractivity (Wildman–Crippen MR) is 113 cm³/mol. The third kappa shape index (κ3) is 13.0. The lowest BCUT2D eigenvalue weighted by atomic mass is 10.1. The topological polar surface area (TPSA) is 152 Å². The summed E-state index contributed by atoms with van der Waals surface area (Å²) >= 11 is 0. The van der Waals surface area contributed by atoms with Gasteiger partial charge in [-0.2, -0.15) is 0 Å². The molecule has 0 aromatic carbocycles. The van der Waals surface area contributed by atoms with Crippen LogP contribution in [0.3, 0.4) is 0 Å². The van der Waals surface area contributed by atoms with Gasteiger partial charge in [-0.15, -0.1) is 0 Å². The third-order valence-corrected chi connectivity index (χ3v) is 11.3. The highest BCUT2D eigenvalue weighted by molar-refractivity contribution is 7.80. The van der Waals surface area contributed by atoms with E-state index < -0.39 is 40.3 Å². The van der Waals surface area contributed by atoms with E-state index in [9.17, 15) is 28.4 Å². The highest BCUT2D eigenvalue weighted by atomic mass is 31.3. The summed E-state index contributed by atoms with van der Waals surface area (Å²) in [7, 11) is -14.7. The molecule has 11 heteroatoms. The SMILES string of the molecule is CC(C)=CCC/C(C)=C/CC/C(C)=C/CC(P(=O)(O)O)P(=O)(O)CP(=O)(O)O. The van der Waals surface area contributed by atoms with Gasteiger partial charge in [0, 0.05) is 0 Å². The van der Waals surface area contributed by atoms with Crippen molar-refractivity contribution in [1.82, 2.24) is 0 Å². The number of hydrogen-bond donors (Lipinski definition) is 5. The van der Waals surface area contributed by atoms with Crippen LogP contribution in [0.15, 0.2) is 34.9 Å². The maximum atomic E-state index is 12.2. The van der Waals surface area contributed by atoms with Gasteiger partial charge in [-0.3, -0.25) is 13.7 Å². The van der Waals surface area contributed by atoms with Crippen LogP contribution in [-0.4, -0.2) is 35.8 Å². The Bertz CT molecular complexity index is 738. The molecule has 0 aliphatic rings. The lowest BCUT2D eigenvalue weighted by molar-refractivity contribution is 0.362. The van der Waals surface area contributed by atoms with Crippen LogP contribution in [0.5, 0.6) is 0 Å². The summed E-state index contributed by atoms with van der Waals surface area (Å²) in [5, 5.41) is -2.02. The van der Waals surface area contributed by atoms with Gasteiger partial charge in [0.05, 0.1) is 0 Å². The highest BCUT2D eigenvalue weighted by Gasteiger charge is 2.46. The molecule has 0 spiro atoms. The summed E-state index contributed by atoms with van der Waals surface area (Å²) in [5.41, 5.74) is 3.29. The van der Waals surface area contributed by atoms with Crippen molar-refractivity contribution in [2.45, 2.75) is 65.2 Å². The highest BCUT2D eigenvalue weighted by Crippen LogP contribution is 2.68. The molecule has 0 aromatic heterocycles. The van der Waals surface area contributed by atoms with Gasteiger partial charge in [-0.05, 0) is 59.8 Å². The molecule has 0 radical (unpaired) electrons. The van der Waals surface area contributed by atoms with Crippen LogP contribution in [-0.2, 0) is 13.7 Å². The molecule has 164 valence electrons. The molecule has 0 bridgehead atoms. The first-order chi connectivity index (χ1) is 12.5. The molecule has 2 unspecified atom stereocenters. The summed E-state index contributed by atoms with van der Waals surface area (Å²) in [4.78, 5) is 46.4. The maximum Gasteiger partial charge on any atom is 0.338 e. The Labute approximate surface area is 167 Å². The summed E-state index contributed by atoms with van der Waals surface area (Å²) in [5.74, 6) is -1.45. The van der Waals surface area contributed by atoms with E-state index in [2.05, 4.69) is 12.2 Å². The lowest BCUT2D eigenvalue weighted by Crippen LogP contribution is -2.11. The van der Waals surface area contributed by atoms with Crippen molar-refractivity contribution in [2.75, 3.05) is 5.90 Å². The molecule has 0 heterocycles. The van der Waals surface area contributed by atoms with Crippen LogP contribution in [0, 0.1) is 0 Å². The van der Waals surface area contributed by atoms with Crippen LogP contribution in [0.2, 0.25) is 0 Å². The zero-order chi connectivity index (χ0) is 22.2. The van der Waals surface area contributed by atoms with Crippen molar-refractivity contribution in [3.8, 4) is 0 Å². The molecular weight excluding hydrogens is 425 g/mol. The van der Waals surface area contributed by atoms with E-state index in [1.54, 1.807) is 6.92 Å². The summed E-state index contributed by atoms with van der Waals surface area (Å²) < 4.78 is 34.8. The van der Waals surface area contributed by atoms with Gasteiger partial charge >= 0.3 is 15.2 Å². The zero-order valence-electron chi connectivity index (χ0n) is 16.9. The number of allylic oxidation sites excluding steroid dienone is 6. The van der Waals surface area contributed by atoms with Crippen LogP contribution >= 0.6 is 22.6 Å². The molecule has 0 saturated carbocycles. The average molecular weight is 458 g/mol. The molecule has 0 aromatic rings. The summed E-state index contributed by atoms with van der Waals surface area (Å²) in [6.07, 6.45) is 8.53. The zero-order valence-corrected chi connectivity index (χ0v) is 19.5. The second-order valence-electron chi connectivity index (χ2n) is 7.33. The fraction of sp³-hybridized carbons (Fsp3) is 0.647. The number of rotatable bonds is 12. The van der Waals surface area contributed by atoms with E-state index >= 15 is 0 Å². The number of hydrogen-bond acceptors (Lipinski definition) is 3. The molecule has 0 rings (SSSR count). The van der Waals surface area contributed by atoms with Crippen molar-refractivity contribution in [2.24, 2.45) is 0 Å². The Hall–Kier alpha value is -0.290. The van der Waals surface area contributed by atoms with Crippen molar-refractivity contribution in [3.05, 3.63) is 34.9 Å². The first-order valence-corrected chi connectivity index (χ1v) is 14.3. The van der Waals surface area contributed by atoms with Crippen molar-refractivity contribution >= 4 is 22.6 Å². The second-order valence-corrected chi connectivity index (χ2v) is 14.1. The quantitative estimate of drug-likeness (QED) is 0.208. The molecular formula is C17H33O8P3. The summed E-state index contributed by atoms with van der Waals surface area (Å²) in [6.45, 7) is 7.87. The molecule has 5 N–H and O–H groups in total. The van der Waals surface area contributed by atoms with Crippen molar-refractivity contribution in [3.63, 3.8) is 0 Å². The molecule has 2 atom stereocenters. The molecule has 0 amide bonds. The standard InChI is InChI=1S/C17H33O8P3/c1-14(2)7-5-8-15(3)9-6-10-16(4)11-12-17(28(23,24)25)26(18,19)13-27(20,21)22/h7,9,11,17H,5-6,8,10,12-13H2,1-4H3,(H,18,19)(H2,20,21,22)(H2,23,24,25)/b15-9+,16-11+. The van der Waals surface area contributed by atoms with Crippen LogP contribution in [0.25, 0.3) is 0 Å². The monoisotopic (exact) mass is 458 g/mol. The van der Waals surface area contributed by atoms with Crippen LogP contribution in [0.4, 0.5) is 0 Å². The first kappa shape index (κ1) is 27.7. The fourth-order valence-electron chi connectivity index (χ4n) is 2.54. The first-order valence-electron chi connectivity index (χ1n) is 8.90. The Morgan fingerprint density at radius 3 is 1.68 bits per heavy atom. The van der Waals surface area contributed by atoms with E-state index in [1.165, 1.54) is 17.2 Å². The van der Waals surface area contributed by atoms with E-state index in [0.717, 1.165) is 24.8 Å². The van der Waals surface area contributed by atoms with Crippen molar-refractivity contribution < 1.29 is 38.2 Å². The van der Waals surface area contributed by atoms with Crippen molar-refractivity contribution in [1.29, 1.82) is 0 Å². The molecule has 0 aliphatic heterocycles. The van der Waals surface area contributed by atoms with E-state index in [4.69, 9.17) is 9.79 Å². The smallest absolute Gasteiger partial charge is 0.338 e. The minimum atomic E-state index is -5.02. The molecule has 28 heavy (non-hydrogen) atoms. The largest absolute Gasteiger partial charge is 0.343 e. The Morgan fingerprint density at radius 1 is 0.786 bits per heavy atom. The van der Waals surface area contributed by atoms with Gasteiger partial charge in [0.1, 0.15) is 11.3 Å². The minimum Gasteiger partial charge on any atom is -0.343 e. The van der Waals surface area contributed by atoms with Gasteiger partial charge in [0.2, 0.25) is 7.37 Å². The average Bonchev–Trinajstić information content (AvgIpc) is 2.42. The summed E-state index contributed by atoms with van der Waals surface area (Å²) in [6, 6.07) is 0. The van der Waals surface area contributed by atoms with E-state index in [-0.39, 0.29) is 0 Å². The third-order valence-electron chi connectivity index (χ3n) is 4.04. The second kappa shape index (κ2) is 11.8. The minimum absolute atomic E-state index is 0.423. The van der Waals surface area contributed by atoms with E-state index in [1.807, 2.05) is 20.8 Å². The molecule has 8 nitrogen and oxygen atoms in total. The Morgan fingerprint density at radius 2 is 1.25 bits per heavy atom. The molecule has 0 aliphatic carbocycles. The van der Waals surface area contributed by atoms with Gasteiger partial charge in [0.25, 0.3) is 0 Å². The van der Waals surface area contributed by atoms with E-state index in [0.29, 0.717) is 6.42 Å². The molecule has 0 saturated heterocycles. The predicted octanol–water partition coefficient (Wildman–Crippen LogP) is 4.71. The van der Waals surface area contributed by atoms with Gasteiger partial charge in [0.15, 0.2) is 0 Å².